The summed E-state index contributed by atoms with van der Waals surface area (Å²) in [5.41, 5.74) is 2.22. The van der Waals surface area contributed by atoms with Gasteiger partial charge in [0.15, 0.2) is 6.29 Å². The van der Waals surface area contributed by atoms with E-state index in [0.29, 0.717) is 11.6 Å². The number of aromatic nitrogens is 2. The Bertz CT molecular complexity index is 508. The van der Waals surface area contributed by atoms with Crippen molar-refractivity contribution in [2.75, 3.05) is 0 Å². The first-order valence-electron chi connectivity index (χ1n) is 5.95. The zero-order chi connectivity index (χ0) is 11.7. The SMILES string of the molecule is O=Cc1cn(C2CCCC2)nc1-c1ccoc1. The van der Waals surface area contributed by atoms with E-state index in [1.54, 1.807) is 12.5 Å². The van der Waals surface area contributed by atoms with Gasteiger partial charge in [-0.2, -0.15) is 5.10 Å². The standard InChI is InChI=1S/C13H14N2O2/c16-8-11-7-15(12-3-1-2-4-12)14-13(11)10-5-6-17-9-10/h5-9,12H,1-4H2. The van der Waals surface area contributed by atoms with Gasteiger partial charge in [-0.05, 0) is 18.9 Å². The van der Waals surface area contributed by atoms with E-state index in [4.69, 9.17) is 4.42 Å². The summed E-state index contributed by atoms with van der Waals surface area (Å²) in [6, 6.07) is 2.28. The molecule has 88 valence electrons. The molecule has 3 rings (SSSR count). The van der Waals surface area contributed by atoms with Gasteiger partial charge in [-0.3, -0.25) is 9.48 Å². The Labute approximate surface area is 99.2 Å². The molecule has 0 bridgehead atoms. The quantitative estimate of drug-likeness (QED) is 0.761. The highest BCUT2D eigenvalue weighted by molar-refractivity contribution is 5.85. The third-order valence-electron chi connectivity index (χ3n) is 3.38. The van der Waals surface area contributed by atoms with E-state index in [2.05, 4.69) is 5.10 Å². The first-order valence-corrected chi connectivity index (χ1v) is 5.95. The number of furan rings is 1. The smallest absolute Gasteiger partial charge is 0.153 e. The van der Waals surface area contributed by atoms with Crippen LogP contribution in [0.3, 0.4) is 0 Å². The van der Waals surface area contributed by atoms with E-state index in [9.17, 15) is 4.79 Å². The highest BCUT2D eigenvalue weighted by atomic mass is 16.3. The predicted molar refractivity (Wildman–Crippen MR) is 62.8 cm³/mol. The summed E-state index contributed by atoms with van der Waals surface area (Å²) in [7, 11) is 0. The molecule has 1 aliphatic carbocycles. The molecule has 0 unspecified atom stereocenters. The third kappa shape index (κ3) is 1.79. The van der Waals surface area contributed by atoms with E-state index in [0.717, 1.165) is 30.4 Å². The fourth-order valence-corrected chi connectivity index (χ4v) is 2.47. The van der Waals surface area contributed by atoms with E-state index in [1.807, 2.05) is 16.9 Å². The normalized spacial score (nSPS) is 16.5. The van der Waals surface area contributed by atoms with Crippen molar-refractivity contribution < 1.29 is 9.21 Å². The summed E-state index contributed by atoms with van der Waals surface area (Å²) in [6.07, 6.45) is 10.7. The largest absolute Gasteiger partial charge is 0.472 e. The average molecular weight is 230 g/mol. The van der Waals surface area contributed by atoms with Gasteiger partial charge in [-0.25, -0.2) is 0 Å². The Hall–Kier alpha value is -1.84. The van der Waals surface area contributed by atoms with Crippen molar-refractivity contribution in [1.29, 1.82) is 0 Å². The molecule has 0 saturated heterocycles. The van der Waals surface area contributed by atoms with Crippen LogP contribution in [0.25, 0.3) is 11.3 Å². The zero-order valence-electron chi connectivity index (χ0n) is 9.50. The van der Waals surface area contributed by atoms with Crippen LogP contribution in [-0.4, -0.2) is 16.1 Å². The fraction of sp³-hybridized carbons (Fsp3) is 0.385. The molecule has 2 aromatic rings. The van der Waals surface area contributed by atoms with Crippen LogP contribution in [0.15, 0.2) is 29.2 Å². The number of nitrogens with zero attached hydrogens (tertiary/aromatic N) is 2. The van der Waals surface area contributed by atoms with Crippen molar-refractivity contribution in [3.8, 4) is 11.3 Å². The molecule has 0 aromatic carbocycles. The molecule has 0 N–H and O–H groups in total. The molecule has 1 aliphatic rings. The monoisotopic (exact) mass is 230 g/mol. The van der Waals surface area contributed by atoms with Crippen LogP contribution in [-0.2, 0) is 0 Å². The van der Waals surface area contributed by atoms with Gasteiger partial charge < -0.3 is 4.42 Å². The maximum Gasteiger partial charge on any atom is 0.153 e. The van der Waals surface area contributed by atoms with Crippen LogP contribution in [0, 0.1) is 0 Å². The van der Waals surface area contributed by atoms with Crippen molar-refractivity contribution >= 4 is 6.29 Å². The Morgan fingerprint density at radius 3 is 2.88 bits per heavy atom. The Balaban J connectivity index is 2.00. The van der Waals surface area contributed by atoms with Crippen LogP contribution in [0.2, 0.25) is 0 Å². The summed E-state index contributed by atoms with van der Waals surface area (Å²) in [6.45, 7) is 0. The van der Waals surface area contributed by atoms with Gasteiger partial charge in [0.1, 0.15) is 5.69 Å². The number of rotatable bonds is 3. The molecule has 0 spiro atoms. The first-order chi connectivity index (χ1) is 8.38. The number of carbonyl (C=O) groups is 1. The second-order valence-corrected chi connectivity index (χ2v) is 4.48. The Kier molecular flexibility index (Phi) is 2.55. The lowest BCUT2D eigenvalue weighted by Crippen LogP contribution is -2.04. The molecule has 0 aliphatic heterocycles. The topological polar surface area (TPSA) is 48.0 Å². The lowest BCUT2D eigenvalue weighted by atomic mass is 10.2. The van der Waals surface area contributed by atoms with Crippen molar-refractivity contribution in [2.45, 2.75) is 31.7 Å². The van der Waals surface area contributed by atoms with Crippen LogP contribution < -0.4 is 0 Å². The summed E-state index contributed by atoms with van der Waals surface area (Å²) >= 11 is 0. The van der Waals surface area contributed by atoms with Crippen LogP contribution in [0.5, 0.6) is 0 Å². The van der Waals surface area contributed by atoms with Gasteiger partial charge in [0.05, 0.1) is 24.1 Å². The van der Waals surface area contributed by atoms with Crippen LogP contribution >= 0.6 is 0 Å². The van der Waals surface area contributed by atoms with E-state index >= 15 is 0 Å². The highest BCUT2D eigenvalue weighted by Gasteiger charge is 2.20. The van der Waals surface area contributed by atoms with Gasteiger partial charge >= 0.3 is 0 Å². The number of aldehydes is 1. The molecule has 2 heterocycles. The van der Waals surface area contributed by atoms with E-state index in [-0.39, 0.29) is 0 Å². The van der Waals surface area contributed by atoms with E-state index in [1.165, 1.54) is 12.8 Å². The van der Waals surface area contributed by atoms with E-state index < -0.39 is 0 Å². The minimum absolute atomic E-state index is 0.453. The molecule has 1 saturated carbocycles. The molecule has 4 nitrogen and oxygen atoms in total. The molecule has 0 radical (unpaired) electrons. The molecule has 0 amide bonds. The summed E-state index contributed by atoms with van der Waals surface area (Å²) in [4.78, 5) is 11.1. The molecule has 2 aromatic heterocycles. The van der Waals surface area contributed by atoms with Crippen LogP contribution in [0.4, 0.5) is 0 Å². The van der Waals surface area contributed by atoms with Gasteiger partial charge in [0, 0.05) is 11.8 Å². The molecule has 0 atom stereocenters. The lowest BCUT2D eigenvalue weighted by molar-refractivity contribution is 0.112. The highest BCUT2D eigenvalue weighted by Crippen LogP contribution is 2.31. The second-order valence-electron chi connectivity index (χ2n) is 4.48. The number of hydrogen-bond acceptors (Lipinski definition) is 3. The van der Waals surface area contributed by atoms with Crippen molar-refractivity contribution in [3.63, 3.8) is 0 Å². The Morgan fingerprint density at radius 1 is 1.41 bits per heavy atom. The maximum atomic E-state index is 11.1. The third-order valence-corrected chi connectivity index (χ3v) is 3.38. The maximum absolute atomic E-state index is 11.1. The van der Waals surface area contributed by atoms with Crippen molar-refractivity contribution in [3.05, 3.63) is 30.4 Å². The predicted octanol–water partition coefficient (Wildman–Crippen LogP) is 3.07. The molecule has 4 heteroatoms. The summed E-state index contributed by atoms with van der Waals surface area (Å²) in [5, 5.41) is 4.53. The molecule has 17 heavy (non-hydrogen) atoms. The molecular weight excluding hydrogens is 216 g/mol. The number of carbonyl (C=O) groups excluding carboxylic acids is 1. The van der Waals surface area contributed by atoms with Crippen molar-refractivity contribution in [2.24, 2.45) is 0 Å². The van der Waals surface area contributed by atoms with Gasteiger partial charge in [-0.1, -0.05) is 12.8 Å². The fourth-order valence-electron chi connectivity index (χ4n) is 2.47. The zero-order valence-corrected chi connectivity index (χ0v) is 9.50. The summed E-state index contributed by atoms with van der Waals surface area (Å²) in [5.74, 6) is 0. The Morgan fingerprint density at radius 2 is 2.24 bits per heavy atom. The summed E-state index contributed by atoms with van der Waals surface area (Å²) < 4.78 is 6.98. The molecule has 1 fully saturated rings. The first kappa shape index (κ1) is 10.3. The minimum atomic E-state index is 0.453. The minimum Gasteiger partial charge on any atom is -0.472 e. The van der Waals surface area contributed by atoms with Gasteiger partial charge in [0.25, 0.3) is 0 Å². The van der Waals surface area contributed by atoms with Crippen LogP contribution in [0.1, 0.15) is 42.1 Å². The lowest BCUT2D eigenvalue weighted by Gasteiger charge is -2.08. The van der Waals surface area contributed by atoms with Gasteiger partial charge in [-0.15, -0.1) is 0 Å². The number of hydrogen-bond donors (Lipinski definition) is 0. The average Bonchev–Trinajstić information content (AvgIpc) is 3.09. The van der Waals surface area contributed by atoms with Crippen molar-refractivity contribution in [1.82, 2.24) is 9.78 Å². The second kappa shape index (κ2) is 4.20. The van der Waals surface area contributed by atoms with Gasteiger partial charge in [0.2, 0.25) is 0 Å². The molecular formula is C13H14N2O2.